The van der Waals surface area contributed by atoms with E-state index < -0.39 is 10.0 Å². The Kier molecular flexibility index (Phi) is 5.58. The Hall–Kier alpha value is -2.77. The van der Waals surface area contributed by atoms with Crippen molar-refractivity contribution in [2.24, 2.45) is 0 Å². The first kappa shape index (κ1) is 20.5. The Balaban J connectivity index is 1.44. The number of aromatic nitrogens is 2. The zero-order valence-electron chi connectivity index (χ0n) is 17.5. The normalized spacial score (nSPS) is 15.4. The molecule has 156 valence electrons. The maximum Gasteiger partial charge on any atom is 0.243 e. The predicted molar refractivity (Wildman–Crippen MR) is 119 cm³/mol. The predicted octanol–water partition coefficient (Wildman–Crippen LogP) is 3.58. The summed E-state index contributed by atoms with van der Waals surface area (Å²) in [6.45, 7) is 7.90. The number of nitrogens with zero attached hydrogens (tertiary/aromatic N) is 4. The molecule has 0 radical (unpaired) electrons. The van der Waals surface area contributed by atoms with Gasteiger partial charge in [-0.3, -0.25) is 0 Å². The van der Waals surface area contributed by atoms with Gasteiger partial charge in [-0.05, 0) is 44.5 Å². The highest BCUT2D eigenvalue weighted by Crippen LogP contribution is 2.24. The van der Waals surface area contributed by atoms with E-state index in [0.29, 0.717) is 31.1 Å². The van der Waals surface area contributed by atoms with Gasteiger partial charge in [0.25, 0.3) is 0 Å². The standard InChI is InChI=1S/C23H26N4O2S/c1-17-4-7-20(8-5-17)21-9-11-23(25-24-21)26-12-14-27(15-13-26)30(28,29)22-10-6-18(2)16-19(22)3/h4-11,16H,12-15H2,1-3H3. The molecule has 1 fully saturated rings. The van der Waals surface area contributed by atoms with Crippen molar-refractivity contribution in [1.29, 1.82) is 0 Å². The first-order valence-electron chi connectivity index (χ1n) is 10.1. The summed E-state index contributed by atoms with van der Waals surface area (Å²) in [6, 6.07) is 17.6. The Morgan fingerprint density at radius 1 is 0.767 bits per heavy atom. The maximum atomic E-state index is 13.1. The van der Waals surface area contributed by atoms with Crippen LogP contribution in [0.1, 0.15) is 16.7 Å². The van der Waals surface area contributed by atoms with Crippen LogP contribution in [0.25, 0.3) is 11.3 Å². The fraction of sp³-hybridized carbons (Fsp3) is 0.304. The topological polar surface area (TPSA) is 66.4 Å². The van der Waals surface area contributed by atoms with Gasteiger partial charge >= 0.3 is 0 Å². The molecule has 3 aromatic rings. The van der Waals surface area contributed by atoms with Crippen molar-refractivity contribution in [3.63, 3.8) is 0 Å². The zero-order valence-corrected chi connectivity index (χ0v) is 18.4. The Morgan fingerprint density at radius 2 is 1.43 bits per heavy atom. The lowest BCUT2D eigenvalue weighted by atomic mass is 10.1. The lowest BCUT2D eigenvalue weighted by molar-refractivity contribution is 0.383. The minimum atomic E-state index is -3.49. The molecule has 1 aliphatic rings. The van der Waals surface area contributed by atoms with E-state index in [4.69, 9.17) is 0 Å². The van der Waals surface area contributed by atoms with Gasteiger partial charge in [0, 0.05) is 31.7 Å². The summed E-state index contributed by atoms with van der Waals surface area (Å²) in [4.78, 5) is 2.48. The smallest absolute Gasteiger partial charge is 0.243 e. The van der Waals surface area contributed by atoms with E-state index in [2.05, 4.69) is 34.2 Å². The summed E-state index contributed by atoms with van der Waals surface area (Å²) in [6.07, 6.45) is 0. The number of aryl methyl sites for hydroxylation is 3. The van der Waals surface area contributed by atoms with Gasteiger partial charge in [0.05, 0.1) is 10.6 Å². The molecule has 0 atom stereocenters. The van der Waals surface area contributed by atoms with Crippen LogP contribution in [0.5, 0.6) is 0 Å². The average Bonchev–Trinajstić information content (AvgIpc) is 2.74. The molecule has 7 heteroatoms. The van der Waals surface area contributed by atoms with E-state index in [1.54, 1.807) is 10.4 Å². The van der Waals surface area contributed by atoms with Crippen LogP contribution in [0.15, 0.2) is 59.5 Å². The molecule has 1 aromatic heterocycles. The molecule has 0 saturated carbocycles. The molecule has 30 heavy (non-hydrogen) atoms. The van der Waals surface area contributed by atoms with Gasteiger partial charge < -0.3 is 4.90 Å². The molecular formula is C23H26N4O2S. The van der Waals surface area contributed by atoms with Gasteiger partial charge in [-0.15, -0.1) is 10.2 Å². The molecule has 0 amide bonds. The van der Waals surface area contributed by atoms with Crippen molar-refractivity contribution in [3.8, 4) is 11.3 Å². The highest BCUT2D eigenvalue weighted by molar-refractivity contribution is 7.89. The van der Waals surface area contributed by atoms with E-state index >= 15 is 0 Å². The monoisotopic (exact) mass is 422 g/mol. The van der Waals surface area contributed by atoms with Gasteiger partial charge in [-0.25, -0.2) is 8.42 Å². The van der Waals surface area contributed by atoms with E-state index in [9.17, 15) is 8.42 Å². The number of rotatable bonds is 4. The molecule has 0 aliphatic carbocycles. The second-order valence-corrected chi connectivity index (χ2v) is 9.71. The first-order valence-corrected chi connectivity index (χ1v) is 11.5. The van der Waals surface area contributed by atoms with E-state index in [-0.39, 0.29) is 0 Å². The van der Waals surface area contributed by atoms with Crippen LogP contribution in [0.4, 0.5) is 5.82 Å². The molecule has 0 spiro atoms. The number of benzene rings is 2. The summed E-state index contributed by atoms with van der Waals surface area (Å²) in [5.74, 6) is 0.773. The van der Waals surface area contributed by atoms with Crippen molar-refractivity contribution in [2.75, 3.05) is 31.1 Å². The Morgan fingerprint density at radius 3 is 2.03 bits per heavy atom. The third kappa shape index (κ3) is 4.08. The van der Waals surface area contributed by atoms with Gasteiger partial charge in [0.15, 0.2) is 5.82 Å². The van der Waals surface area contributed by atoms with Crippen LogP contribution in [0.3, 0.4) is 0 Å². The number of hydrogen-bond donors (Lipinski definition) is 0. The third-order valence-corrected chi connectivity index (χ3v) is 7.57. The van der Waals surface area contributed by atoms with Crippen molar-refractivity contribution in [1.82, 2.24) is 14.5 Å². The molecule has 2 aromatic carbocycles. The van der Waals surface area contributed by atoms with Crippen LogP contribution in [0, 0.1) is 20.8 Å². The number of piperazine rings is 1. The average molecular weight is 423 g/mol. The minimum absolute atomic E-state index is 0.392. The molecule has 2 heterocycles. The van der Waals surface area contributed by atoms with Crippen LogP contribution in [-0.2, 0) is 10.0 Å². The van der Waals surface area contributed by atoms with Crippen LogP contribution in [-0.4, -0.2) is 49.1 Å². The number of sulfonamides is 1. The van der Waals surface area contributed by atoms with Gasteiger partial charge in [0.2, 0.25) is 10.0 Å². The molecule has 1 saturated heterocycles. The van der Waals surface area contributed by atoms with Crippen LogP contribution < -0.4 is 4.90 Å². The molecule has 6 nitrogen and oxygen atoms in total. The second kappa shape index (κ2) is 8.16. The fourth-order valence-corrected chi connectivity index (χ4v) is 5.39. The van der Waals surface area contributed by atoms with Crippen molar-refractivity contribution < 1.29 is 8.42 Å². The van der Waals surface area contributed by atoms with Gasteiger partial charge in [0.1, 0.15) is 0 Å². The van der Waals surface area contributed by atoms with Crippen LogP contribution in [0.2, 0.25) is 0 Å². The summed E-state index contributed by atoms with van der Waals surface area (Å²) in [5, 5.41) is 8.74. The van der Waals surface area contributed by atoms with Crippen molar-refractivity contribution in [3.05, 3.63) is 71.3 Å². The number of hydrogen-bond acceptors (Lipinski definition) is 5. The van der Waals surface area contributed by atoms with E-state index in [1.807, 2.05) is 50.2 Å². The Labute approximate surface area is 178 Å². The molecule has 0 N–H and O–H groups in total. The lowest BCUT2D eigenvalue weighted by Crippen LogP contribution is -2.49. The van der Waals surface area contributed by atoms with Gasteiger partial charge in [-0.1, -0.05) is 47.5 Å². The molecule has 0 bridgehead atoms. The first-order chi connectivity index (χ1) is 14.3. The number of anilines is 1. The van der Waals surface area contributed by atoms with Gasteiger partial charge in [-0.2, -0.15) is 4.31 Å². The summed E-state index contributed by atoms with van der Waals surface area (Å²) in [7, 11) is -3.49. The largest absolute Gasteiger partial charge is 0.352 e. The molecule has 4 rings (SSSR count). The summed E-state index contributed by atoms with van der Waals surface area (Å²) < 4.78 is 27.7. The van der Waals surface area contributed by atoms with E-state index in [1.165, 1.54) is 5.56 Å². The SMILES string of the molecule is Cc1ccc(-c2ccc(N3CCN(S(=O)(=O)c4ccc(C)cc4C)CC3)nn2)cc1. The summed E-state index contributed by atoms with van der Waals surface area (Å²) >= 11 is 0. The third-order valence-electron chi connectivity index (χ3n) is 5.51. The lowest BCUT2D eigenvalue weighted by Gasteiger charge is -2.34. The zero-order chi connectivity index (χ0) is 21.3. The highest BCUT2D eigenvalue weighted by atomic mass is 32.2. The van der Waals surface area contributed by atoms with E-state index in [0.717, 1.165) is 28.2 Å². The second-order valence-electron chi connectivity index (χ2n) is 7.80. The molecular weight excluding hydrogens is 396 g/mol. The van der Waals surface area contributed by atoms with Crippen molar-refractivity contribution >= 4 is 15.8 Å². The van der Waals surface area contributed by atoms with Crippen LogP contribution >= 0.6 is 0 Å². The maximum absolute atomic E-state index is 13.1. The minimum Gasteiger partial charge on any atom is -0.352 e. The highest BCUT2D eigenvalue weighted by Gasteiger charge is 2.30. The molecule has 1 aliphatic heterocycles. The fourth-order valence-electron chi connectivity index (χ4n) is 3.76. The molecule has 0 unspecified atom stereocenters. The summed E-state index contributed by atoms with van der Waals surface area (Å²) in [5.41, 5.74) is 4.91. The Bertz CT molecular complexity index is 1130. The van der Waals surface area contributed by atoms with Crippen molar-refractivity contribution in [2.45, 2.75) is 25.7 Å². The quantitative estimate of drug-likeness (QED) is 0.643.